The summed E-state index contributed by atoms with van der Waals surface area (Å²) in [5.41, 5.74) is 8.67. The molecule has 0 spiro atoms. The van der Waals surface area contributed by atoms with Crippen molar-refractivity contribution in [1.82, 2.24) is 20.0 Å². The summed E-state index contributed by atoms with van der Waals surface area (Å²) in [7, 11) is 0. The molecule has 0 aliphatic rings. The maximum absolute atomic E-state index is 5.51. The molecule has 2 aromatic heterocycles. The van der Waals surface area contributed by atoms with Crippen molar-refractivity contribution >= 4 is 10.9 Å². The minimum Gasteiger partial charge on any atom is -0.330 e. The molecule has 3 rings (SSSR count). The van der Waals surface area contributed by atoms with E-state index in [4.69, 9.17) is 5.73 Å². The largest absolute Gasteiger partial charge is 0.330 e. The fourth-order valence-electron chi connectivity index (χ4n) is 2.28. The van der Waals surface area contributed by atoms with E-state index in [9.17, 15) is 0 Å². The smallest absolute Gasteiger partial charge is 0.0827 e. The minimum atomic E-state index is 0.681. The topological polar surface area (TPSA) is 69.6 Å². The highest BCUT2D eigenvalue weighted by atomic mass is 15.4. The fraction of sp³-hybridized carbons (Fsp3) is 0.267. The molecule has 0 atom stereocenters. The number of aromatic nitrogens is 4. The van der Waals surface area contributed by atoms with E-state index in [0.29, 0.717) is 13.1 Å². The number of hydrogen-bond acceptors (Lipinski definition) is 4. The van der Waals surface area contributed by atoms with Gasteiger partial charge in [-0.25, -0.2) is 4.68 Å². The molecule has 0 radical (unpaired) electrons. The molecule has 0 bridgehead atoms. The molecule has 102 valence electrons. The highest BCUT2D eigenvalue weighted by Gasteiger charge is 2.05. The SMILES string of the molecule is NCCCc1cn(Cc2cccc3cccnc23)nn1. The van der Waals surface area contributed by atoms with Crippen molar-refractivity contribution in [1.29, 1.82) is 0 Å². The average molecular weight is 267 g/mol. The highest BCUT2D eigenvalue weighted by Crippen LogP contribution is 2.16. The number of hydrogen-bond donors (Lipinski definition) is 1. The van der Waals surface area contributed by atoms with E-state index >= 15 is 0 Å². The molecule has 5 nitrogen and oxygen atoms in total. The minimum absolute atomic E-state index is 0.681. The molecule has 0 fully saturated rings. The van der Waals surface area contributed by atoms with Gasteiger partial charge in [0.1, 0.15) is 0 Å². The van der Waals surface area contributed by atoms with Crippen LogP contribution in [0.15, 0.2) is 42.7 Å². The van der Waals surface area contributed by atoms with E-state index in [-0.39, 0.29) is 0 Å². The normalized spacial score (nSPS) is 11.1. The Morgan fingerprint density at radius 2 is 2.05 bits per heavy atom. The Balaban J connectivity index is 1.84. The van der Waals surface area contributed by atoms with Crippen molar-refractivity contribution in [2.45, 2.75) is 19.4 Å². The maximum Gasteiger partial charge on any atom is 0.0827 e. The third kappa shape index (κ3) is 2.67. The second kappa shape index (κ2) is 5.79. The molecule has 0 aliphatic carbocycles. The van der Waals surface area contributed by atoms with Crippen molar-refractivity contribution in [3.05, 3.63) is 54.0 Å². The second-order valence-electron chi connectivity index (χ2n) is 4.79. The van der Waals surface area contributed by atoms with E-state index in [0.717, 1.165) is 35.0 Å². The maximum atomic E-state index is 5.51. The highest BCUT2D eigenvalue weighted by molar-refractivity contribution is 5.81. The van der Waals surface area contributed by atoms with Crippen molar-refractivity contribution in [2.75, 3.05) is 6.54 Å². The first-order chi connectivity index (χ1) is 9.86. The summed E-state index contributed by atoms with van der Waals surface area (Å²) in [5, 5.41) is 9.48. The number of rotatable bonds is 5. The van der Waals surface area contributed by atoms with E-state index in [1.165, 1.54) is 0 Å². The summed E-state index contributed by atoms with van der Waals surface area (Å²) in [6.07, 6.45) is 5.62. The van der Waals surface area contributed by atoms with Crippen LogP contribution in [0.4, 0.5) is 0 Å². The van der Waals surface area contributed by atoms with Gasteiger partial charge in [0.25, 0.3) is 0 Å². The van der Waals surface area contributed by atoms with Gasteiger partial charge in [-0.1, -0.05) is 29.5 Å². The average Bonchev–Trinajstić information content (AvgIpc) is 2.93. The van der Waals surface area contributed by atoms with Crippen molar-refractivity contribution < 1.29 is 0 Å². The molecule has 3 aromatic rings. The molecule has 0 aliphatic heterocycles. The third-order valence-electron chi connectivity index (χ3n) is 3.27. The van der Waals surface area contributed by atoms with Gasteiger partial charge in [-0.3, -0.25) is 4.98 Å². The zero-order valence-corrected chi connectivity index (χ0v) is 11.2. The second-order valence-corrected chi connectivity index (χ2v) is 4.79. The van der Waals surface area contributed by atoms with Crippen LogP contribution in [-0.2, 0) is 13.0 Å². The van der Waals surface area contributed by atoms with Crippen LogP contribution in [0.5, 0.6) is 0 Å². The molecule has 5 heteroatoms. The summed E-state index contributed by atoms with van der Waals surface area (Å²) < 4.78 is 1.86. The lowest BCUT2D eigenvalue weighted by molar-refractivity contribution is 0.651. The number of aryl methyl sites for hydroxylation is 1. The Kier molecular flexibility index (Phi) is 3.69. The van der Waals surface area contributed by atoms with Gasteiger partial charge in [0.2, 0.25) is 0 Å². The number of nitrogens with two attached hydrogens (primary N) is 1. The van der Waals surface area contributed by atoms with Crippen LogP contribution < -0.4 is 5.73 Å². The van der Waals surface area contributed by atoms with Crippen LogP contribution in [0.25, 0.3) is 10.9 Å². The van der Waals surface area contributed by atoms with Gasteiger partial charge in [-0.2, -0.15) is 0 Å². The Morgan fingerprint density at radius 3 is 2.95 bits per heavy atom. The van der Waals surface area contributed by atoms with Crippen LogP contribution in [-0.4, -0.2) is 26.5 Å². The molecule has 2 N–H and O–H groups in total. The molecule has 0 amide bonds. The zero-order chi connectivity index (χ0) is 13.8. The van der Waals surface area contributed by atoms with Gasteiger partial charge < -0.3 is 5.73 Å². The molecule has 1 aromatic carbocycles. The molecular weight excluding hydrogens is 250 g/mol. The lowest BCUT2D eigenvalue weighted by Gasteiger charge is -2.04. The Labute approximate surface area is 117 Å². The third-order valence-corrected chi connectivity index (χ3v) is 3.27. The van der Waals surface area contributed by atoms with Crippen LogP contribution in [0, 0.1) is 0 Å². The number of para-hydroxylation sites is 1. The van der Waals surface area contributed by atoms with Gasteiger partial charge in [0, 0.05) is 17.8 Å². The van der Waals surface area contributed by atoms with Gasteiger partial charge in [-0.15, -0.1) is 5.10 Å². The molecule has 0 saturated heterocycles. The lowest BCUT2D eigenvalue weighted by atomic mass is 10.1. The summed E-state index contributed by atoms with van der Waals surface area (Å²) >= 11 is 0. The molecule has 20 heavy (non-hydrogen) atoms. The number of fused-ring (bicyclic) bond motifs is 1. The zero-order valence-electron chi connectivity index (χ0n) is 11.2. The molecule has 0 unspecified atom stereocenters. The van der Waals surface area contributed by atoms with Crippen LogP contribution in [0.2, 0.25) is 0 Å². The standard InChI is InChI=1S/C15H17N5/c16-8-2-7-14-11-20(19-18-14)10-13-5-1-4-12-6-3-9-17-15(12)13/h1,3-6,9,11H,2,7-8,10,16H2. The van der Waals surface area contributed by atoms with E-state index in [1.807, 2.05) is 29.2 Å². The summed E-state index contributed by atoms with van der Waals surface area (Å²) in [4.78, 5) is 4.46. The van der Waals surface area contributed by atoms with Crippen LogP contribution in [0.1, 0.15) is 17.7 Å². The van der Waals surface area contributed by atoms with E-state index in [1.54, 1.807) is 0 Å². The summed E-state index contributed by atoms with van der Waals surface area (Å²) in [6.45, 7) is 1.37. The molecule has 0 saturated carbocycles. The summed E-state index contributed by atoms with van der Waals surface area (Å²) in [5.74, 6) is 0. The van der Waals surface area contributed by atoms with Gasteiger partial charge in [0.05, 0.1) is 17.8 Å². The first-order valence-electron chi connectivity index (χ1n) is 6.78. The quantitative estimate of drug-likeness (QED) is 0.765. The lowest BCUT2D eigenvalue weighted by Crippen LogP contribution is -2.02. The van der Waals surface area contributed by atoms with E-state index in [2.05, 4.69) is 33.5 Å². The Hall–Kier alpha value is -2.27. The van der Waals surface area contributed by atoms with E-state index < -0.39 is 0 Å². The van der Waals surface area contributed by atoms with Gasteiger partial charge in [-0.05, 0) is 31.0 Å². The number of nitrogens with zero attached hydrogens (tertiary/aromatic N) is 4. The Bertz CT molecular complexity index is 699. The first kappa shape index (κ1) is 12.7. The predicted molar refractivity (Wildman–Crippen MR) is 78.2 cm³/mol. The monoisotopic (exact) mass is 267 g/mol. The molecule has 2 heterocycles. The Morgan fingerprint density at radius 1 is 1.15 bits per heavy atom. The predicted octanol–water partition coefficient (Wildman–Crippen LogP) is 1.77. The summed E-state index contributed by atoms with van der Waals surface area (Å²) in [6, 6.07) is 10.2. The van der Waals surface area contributed by atoms with Gasteiger partial charge in [0.15, 0.2) is 0 Å². The van der Waals surface area contributed by atoms with Crippen LogP contribution >= 0.6 is 0 Å². The first-order valence-corrected chi connectivity index (χ1v) is 6.78. The van der Waals surface area contributed by atoms with Crippen LogP contribution in [0.3, 0.4) is 0 Å². The fourth-order valence-corrected chi connectivity index (χ4v) is 2.28. The van der Waals surface area contributed by atoms with Gasteiger partial charge >= 0.3 is 0 Å². The van der Waals surface area contributed by atoms with Crippen molar-refractivity contribution in [2.24, 2.45) is 5.73 Å². The van der Waals surface area contributed by atoms with Crippen molar-refractivity contribution in [3.8, 4) is 0 Å². The number of pyridine rings is 1. The van der Waals surface area contributed by atoms with Crippen molar-refractivity contribution in [3.63, 3.8) is 0 Å². The molecular formula is C15H17N5. The number of benzene rings is 1.